The largest absolute Gasteiger partial charge is 0.435 e. The van der Waals surface area contributed by atoms with Gasteiger partial charge in [-0.25, -0.2) is 4.68 Å². The van der Waals surface area contributed by atoms with Crippen molar-refractivity contribution in [1.82, 2.24) is 15.1 Å². The van der Waals surface area contributed by atoms with Crippen molar-refractivity contribution in [1.29, 1.82) is 0 Å². The number of nitrogens with one attached hydrogen (secondary N) is 1. The molecule has 1 N–H and O–H groups in total. The van der Waals surface area contributed by atoms with E-state index in [0.29, 0.717) is 0 Å². The highest BCUT2D eigenvalue weighted by Crippen LogP contribution is 2.19. The van der Waals surface area contributed by atoms with Crippen LogP contribution < -0.4 is 10.1 Å². The maximum absolute atomic E-state index is 12.4. The summed E-state index contributed by atoms with van der Waals surface area (Å²) in [6.07, 6.45) is 0. The molecule has 0 aliphatic carbocycles. The Labute approximate surface area is 155 Å². The highest BCUT2D eigenvalue weighted by Gasteiger charge is 2.15. The number of benzene rings is 2. The van der Waals surface area contributed by atoms with Gasteiger partial charge in [-0.3, -0.25) is 4.79 Å². The SMILES string of the molecule is Cc1nn(-c2ccccc2)c(C)c1CNC(=O)c1cccc(OC(F)F)c1. The lowest BCUT2D eigenvalue weighted by Crippen LogP contribution is -2.23. The lowest BCUT2D eigenvalue weighted by molar-refractivity contribution is -0.0498. The van der Waals surface area contributed by atoms with Gasteiger partial charge in [0.1, 0.15) is 5.75 Å². The van der Waals surface area contributed by atoms with Crippen LogP contribution in [-0.4, -0.2) is 22.3 Å². The smallest absolute Gasteiger partial charge is 0.387 e. The first-order valence-electron chi connectivity index (χ1n) is 8.39. The van der Waals surface area contributed by atoms with Gasteiger partial charge in [0.05, 0.1) is 11.4 Å². The van der Waals surface area contributed by atoms with Gasteiger partial charge in [-0.1, -0.05) is 24.3 Å². The van der Waals surface area contributed by atoms with E-state index in [4.69, 9.17) is 0 Å². The molecule has 7 heteroatoms. The number of nitrogens with zero attached hydrogens (tertiary/aromatic N) is 2. The number of halogens is 2. The van der Waals surface area contributed by atoms with Crippen LogP contribution in [0.4, 0.5) is 8.78 Å². The maximum atomic E-state index is 12.4. The van der Waals surface area contributed by atoms with Gasteiger partial charge in [0.2, 0.25) is 0 Å². The molecule has 3 rings (SSSR count). The fraction of sp³-hybridized carbons (Fsp3) is 0.200. The van der Waals surface area contributed by atoms with E-state index in [0.717, 1.165) is 22.6 Å². The molecule has 140 valence electrons. The van der Waals surface area contributed by atoms with Gasteiger partial charge < -0.3 is 10.1 Å². The Morgan fingerprint density at radius 3 is 2.59 bits per heavy atom. The predicted octanol–water partition coefficient (Wildman–Crippen LogP) is 4.02. The number of amides is 1. The topological polar surface area (TPSA) is 56.2 Å². The maximum Gasteiger partial charge on any atom is 0.387 e. The summed E-state index contributed by atoms with van der Waals surface area (Å²) in [4.78, 5) is 12.4. The third-order valence-corrected chi connectivity index (χ3v) is 4.19. The fourth-order valence-corrected chi connectivity index (χ4v) is 2.84. The Morgan fingerprint density at radius 2 is 1.89 bits per heavy atom. The highest BCUT2D eigenvalue weighted by atomic mass is 19.3. The fourth-order valence-electron chi connectivity index (χ4n) is 2.84. The summed E-state index contributed by atoms with van der Waals surface area (Å²) >= 11 is 0. The first-order chi connectivity index (χ1) is 13.0. The van der Waals surface area contributed by atoms with E-state index in [1.807, 2.05) is 48.9 Å². The zero-order valence-electron chi connectivity index (χ0n) is 14.9. The summed E-state index contributed by atoms with van der Waals surface area (Å²) in [6, 6.07) is 15.4. The summed E-state index contributed by atoms with van der Waals surface area (Å²) in [7, 11) is 0. The molecule has 0 saturated carbocycles. The summed E-state index contributed by atoms with van der Waals surface area (Å²) in [5, 5.41) is 7.35. The molecule has 1 aromatic heterocycles. The molecule has 0 spiro atoms. The number of hydrogen-bond acceptors (Lipinski definition) is 3. The molecule has 2 aromatic carbocycles. The van der Waals surface area contributed by atoms with E-state index in [-0.39, 0.29) is 23.8 Å². The normalized spacial score (nSPS) is 10.9. The van der Waals surface area contributed by atoms with Crippen molar-refractivity contribution in [2.24, 2.45) is 0 Å². The van der Waals surface area contributed by atoms with Crippen LogP contribution >= 0.6 is 0 Å². The standard InChI is InChI=1S/C20H19F2N3O2/c1-13-18(14(2)25(24-13)16-8-4-3-5-9-16)12-23-19(26)15-7-6-10-17(11-15)27-20(21)22/h3-11,20H,12H2,1-2H3,(H,23,26). The van der Waals surface area contributed by atoms with Crippen LogP contribution in [0.2, 0.25) is 0 Å². The molecule has 0 aliphatic rings. The average molecular weight is 371 g/mol. The quantitative estimate of drug-likeness (QED) is 0.712. The first-order valence-corrected chi connectivity index (χ1v) is 8.39. The van der Waals surface area contributed by atoms with Crippen molar-refractivity contribution in [3.05, 3.63) is 77.1 Å². The van der Waals surface area contributed by atoms with Gasteiger partial charge in [-0.05, 0) is 44.2 Å². The third kappa shape index (κ3) is 4.31. The molecule has 1 amide bonds. The third-order valence-electron chi connectivity index (χ3n) is 4.19. The lowest BCUT2D eigenvalue weighted by atomic mass is 10.1. The van der Waals surface area contributed by atoms with Crippen molar-refractivity contribution in [2.45, 2.75) is 27.0 Å². The Morgan fingerprint density at radius 1 is 1.15 bits per heavy atom. The molecule has 0 radical (unpaired) electrons. The Hall–Kier alpha value is -3.22. The van der Waals surface area contributed by atoms with Gasteiger partial charge in [0.15, 0.2) is 0 Å². The molecular formula is C20H19F2N3O2. The monoisotopic (exact) mass is 371 g/mol. The Bertz CT molecular complexity index is 940. The van der Waals surface area contributed by atoms with Crippen molar-refractivity contribution < 1.29 is 18.3 Å². The van der Waals surface area contributed by atoms with Crippen LogP contribution in [0.5, 0.6) is 5.75 Å². The van der Waals surface area contributed by atoms with Crippen LogP contribution in [0.3, 0.4) is 0 Å². The van der Waals surface area contributed by atoms with Crippen molar-refractivity contribution in [3.63, 3.8) is 0 Å². The second kappa shape index (κ2) is 7.99. The number of para-hydroxylation sites is 1. The van der Waals surface area contributed by atoms with Gasteiger partial charge >= 0.3 is 6.61 Å². The second-order valence-electron chi connectivity index (χ2n) is 5.99. The minimum atomic E-state index is -2.93. The van der Waals surface area contributed by atoms with Crippen LogP contribution in [0.1, 0.15) is 27.3 Å². The van der Waals surface area contributed by atoms with Crippen LogP contribution in [0, 0.1) is 13.8 Å². The van der Waals surface area contributed by atoms with Crippen molar-refractivity contribution >= 4 is 5.91 Å². The second-order valence-corrected chi connectivity index (χ2v) is 5.99. The van der Waals surface area contributed by atoms with Crippen LogP contribution in [0.15, 0.2) is 54.6 Å². The number of carbonyl (C=O) groups excluding carboxylic acids is 1. The number of hydrogen-bond donors (Lipinski definition) is 1. The number of aromatic nitrogens is 2. The molecular weight excluding hydrogens is 352 g/mol. The zero-order chi connectivity index (χ0) is 19.4. The van der Waals surface area contributed by atoms with Gasteiger partial charge in [-0.15, -0.1) is 0 Å². The lowest BCUT2D eigenvalue weighted by Gasteiger charge is -2.09. The van der Waals surface area contributed by atoms with Crippen molar-refractivity contribution in [2.75, 3.05) is 0 Å². The van der Waals surface area contributed by atoms with Crippen LogP contribution in [-0.2, 0) is 6.54 Å². The summed E-state index contributed by atoms with van der Waals surface area (Å²) in [6.45, 7) is 1.16. The zero-order valence-corrected chi connectivity index (χ0v) is 14.9. The molecule has 27 heavy (non-hydrogen) atoms. The number of carbonyl (C=O) groups is 1. The van der Waals surface area contributed by atoms with Gasteiger partial charge in [0.25, 0.3) is 5.91 Å². The molecule has 3 aromatic rings. The first kappa shape index (κ1) is 18.6. The minimum Gasteiger partial charge on any atom is -0.435 e. The summed E-state index contributed by atoms with van der Waals surface area (Å²) in [5.41, 5.74) is 3.83. The molecule has 5 nitrogen and oxygen atoms in total. The van der Waals surface area contributed by atoms with Gasteiger partial charge in [-0.2, -0.15) is 13.9 Å². The highest BCUT2D eigenvalue weighted by molar-refractivity contribution is 5.94. The number of ether oxygens (including phenoxy) is 1. The van der Waals surface area contributed by atoms with E-state index < -0.39 is 6.61 Å². The van der Waals surface area contributed by atoms with Gasteiger partial charge in [0, 0.05) is 23.4 Å². The van der Waals surface area contributed by atoms with E-state index in [9.17, 15) is 13.6 Å². The van der Waals surface area contributed by atoms with E-state index in [1.54, 1.807) is 6.07 Å². The number of aryl methyl sites for hydroxylation is 1. The Kier molecular flexibility index (Phi) is 5.49. The Balaban J connectivity index is 1.74. The van der Waals surface area contributed by atoms with E-state index >= 15 is 0 Å². The van der Waals surface area contributed by atoms with E-state index in [1.165, 1.54) is 18.2 Å². The minimum absolute atomic E-state index is 0.0538. The predicted molar refractivity (Wildman–Crippen MR) is 97.3 cm³/mol. The molecule has 0 aliphatic heterocycles. The molecule has 0 fully saturated rings. The number of rotatable bonds is 6. The van der Waals surface area contributed by atoms with Crippen molar-refractivity contribution in [3.8, 4) is 11.4 Å². The molecule has 0 unspecified atom stereocenters. The average Bonchev–Trinajstić information content (AvgIpc) is 2.94. The molecule has 0 bridgehead atoms. The molecule has 0 atom stereocenters. The molecule has 1 heterocycles. The van der Waals surface area contributed by atoms with E-state index in [2.05, 4.69) is 15.2 Å². The number of alkyl halides is 2. The summed E-state index contributed by atoms with van der Waals surface area (Å²) < 4.78 is 30.8. The molecule has 0 saturated heterocycles. The summed E-state index contributed by atoms with van der Waals surface area (Å²) in [5.74, 6) is -0.428. The van der Waals surface area contributed by atoms with Crippen LogP contribution in [0.25, 0.3) is 5.69 Å².